The lowest BCUT2D eigenvalue weighted by Gasteiger charge is -2.35. The van der Waals surface area contributed by atoms with E-state index >= 15 is 0 Å². The second-order valence-electron chi connectivity index (χ2n) is 7.87. The van der Waals surface area contributed by atoms with E-state index in [1.165, 1.54) is 30.2 Å². The summed E-state index contributed by atoms with van der Waals surface area (Å²) in [5.74, 6) is 0.684. The first kappa shape index (κ1) is 19.9. The van der Waals surface area contributed by atoms with Crippen molar-refractivity contribution in [3.63, 3.8) is 0 Å². The number of benzene rings is 1. The number of carbonyl (C=O) groups is 1. The van der Waals surface area contributed by atoms with Crippen molar-refractivity contribution in [2.45, 2.75) is 12.8 Å². The average Bonchev–Trinajstić information content (AvgIpc) is 3.52. The third-order valence-corrected chi connectivity index (χ3v) is 6.80. The highest BCUT2D eigenvalue weighted by Gasteiger charge is 2.25. The molecule has 1 aromatic carbocycles. The van der Waals surface area contributed by atoms with Gasteiger partial charge in [0.05, 0.1) is 5.69 Å². The SMILES string of the molecule is O=C(c1csc(-c2ccnc(N3CCCC3)c2)n1)N1CCN(c2ccccc2F)CC1. The number of aromatic nitrogens is 2. The highest BCUT2D eigenvalue weighted by Crippen LogP contribution is 2.28. The van der Waals surface area contributed by atoms with E-state index in [9.17, 15) is 9.18 Å². The minimum Gasteiger partial charge on any atom is -0.366 e. The van der Waals surface area contributed by atoms with Gasteiger partial charge in [-0.3, -0.25) is 4.79 Å². The Morgan fingerprint density at radius 2 is 1.74 bits per heavy atom. The number of nitrogens with zero attached hydrogens (tertiary/aromatic N) is 5. The molecule has 2 fully saturated rings. The summed E-state index contributed by atoms with van der Waals surface area (Å²) in [6, 6.07) is 10.8. The highest BCUT2D eigenvalue weighted by atomic mass is 32.1. The zero-order chi connectivity index (χ0) is 21.2. The molecule has 0 spiro atoms. The summed E-state index contributed by atoms with van der Waals surface area (Å²) >= 11 is 1.48. The lowest BCUT2D eigenvalue weighted by Crippen LogP contribution is -2.49. The Morgan fingerprint density at radius 3 is 2.52 bits per heavy atom. The van der Waals surface area contributed by atoms with E-state index in [2.05, 4.69) is 20.9 Å². The zero-order valence-electron chi connectivity index (χ0n) is 17.2. The maximum Gasteiger partial charge on any atom is 0.273 e. The molecule has 2 saturated heterocycles. The summed E-state index contributed by atoms with van der Waals surface area (Å²) in [6.45, 7) is 4.39. The predicted octanol–water partition coefficient (Wildman–Crippen LogP) is 3.91. The first-order valence-corrected chi connectivity index (χ1v) is 11.5. The maximum absolute atomic E-state index is 14.0. The summed E-state index contributed by atoms with van der Waals surface area (Å²) in [7, 11) is 0. The predicted molar refractivity (Wildman–Crippen MR) is 121 cm³/mol. The number of para-hydroxylation sites is 1. The first-order chi connectivity index (χ1) is 15.2. The Kier molecular flexibility index (Phi) is 5.55. The van der Waals surface area contributed by atoms with Crippen molar-refractivity contribution in [3.8, 4) is 10.6 Å². The second kappa shape index (κ2) is 8.63. The summed E-state index contributed by atoms with van der Waals surface area (Å²) in [4.78, 5) is 28.2. The van der Waals surface area contributed by atoms with Gasteiger partial charge in [0.15, 0.2) is 0 Å². The van der Waals surface area contributed by atoms with Gasteiger partial charge in [0.25, 0.3) is 5.91 Å². The van der Waals surface area contributed by atoms with E-state index < -0.39 is 0 Å². The summed E-state index contributed by atoms with van der Waals surface area (Å²) < 4.78 is 14.0. The molecule has 0 atom stereocenters. The van der Waals surface area contributed by atoms with Crippen LogP contribution in [0.25, 0.3) is 10.6 Å². The Hall–Kier alpha value is -3.00. The molecular formula is C23H24FN5OS. The molecule has 0 saturated carbocycles. The van der Waals surface area contributed by atoms with Gasteiger partial charge in [-0.05, 0) is 37.1 Å². The third-order valence-electron chi connectivity index (χ3n) is 5.91. The van der Waals surface area contributed by atoms with E-state index in [0.717, 1.165) is 29.5 Å². The maximum atomic E-state index is 14.0. The van der Waals surface area contributed by atoms with Crippen molar-refractivity contribution in [1.29, 1.82) is 0 Å². The van der Waals surface area contributed by atoms with E-state index in [-0.39, 0.29) is 11.7 Å². The Balaban J connectivity index is 1.26. The number of rotatable bonds is 4. The molecule has 3 aromatic rings. The molecule has 5 rings (SSSR count). The molecule has 0 unspecified atom stereocenters. The van der Waals surface area contributed by atoms with Gasteiger partial charge in [0.1, 0.15) is 22.3 Å². The van der Waals surface area contributed by atoms with Crippen molar-refractivity contribution in [2.24, 2.45) is 0 Å². The molecular weight excluding hydrogens is 413 g/mol. The fourth-order valence-electron chi connectivity index (χ4n) is 4.20. The van der Waals surface area contributed by atoms with Gasteiger partial charge in [-0.25, -0.2) is 14.4 Å². The fourth-order valence-corrected chi connectivity index (χ4v) is 4.99. The Morgan fingerprint density at radius 1 is 0.968 bits per heavy atom. The van der Waals surface area contributed by atoms with Crippen molar-refractivity contribution in [1.82, 2.24) is 14.9 Å². The molecule has 8 heteroatoms. The number of halogens is 1. The average molecular weight is 438 g/mol. The largest absolute Gasteiger partial charge is 0.366 e. The number of pyridine rings is 1. The topological polar surface area (TPSA) is 52.6 Å². The van der Waals surface area contributed by atoms with Crippen LogP contribution in [0.4, 0.5) is 15.9 Å². The number of hydrogen-bond donors (Lipinski definition) is 0. The molecule has 0 bridgehead atoms. The van der Waals surface area contributed by atoms with Crippen LogP contribution in [-0.4, -0.2) is 60.0 Å². The highest BCUT2D eigenvalue weighted by molar-refractivity contribution is 7.13. The third kappa shape index (κ3) is 4.12. The Labute approximate surface area is 185 Å². The second-order valence-corrected chi connectivity index (χ2v) is 8.72. The van der Waals surface area contributed by atoms with E-state index in [1.54, 1.807) is 17.0 Å². The van der Waals surface area contributed by atoms with Gasteiger partial charge in [0, 0.05) is 56.4 Å². The minimum absolute atomic E-state index is 0.0653. The van der Waals surface area contributed by atoms with Crippen LogP contribution in [0.3, 0.4) is 0 Å². The molecule has 1 amide bonds. The van der Waals surface area contributed by atoms with Crippen molar-refractivity contribution in [3.05, 3.63) is 59.5 Å². The van der Waals surface area contributed by atoms with Crippen LogP contribution in [0.15, 0.2) is 48.0 Å². The molecule has 31 heavy (non-hydrogen) atoms. The van der Waals surface area contributed by atoms with Gasteiger partial charge in [0.2, 0.25) is 0 Å². The van der Waals surface area contributed by atoms with Crippen molar-refractivity contribution >= 4 is 28.7 Å². The van der Waals surface area contributed by atoms with Crippen LogP contribution in [-0.2, 0) is 0 Å². The van der Waals surface area contributed by atoms with Gasteiger partial charge in [-0.1, -0.05) is 12.1 Å². The van der Waals surface area contributed by atoms with Crippen LogP contribution in [0, 0.1) is 5.82 Å². The van der Waals surface area contributed by atoms with Crippen LogP contribution < -0.4 is 9.80 Å². The number of carbonyl (C=O) groups excluding carboxylic acids is 1. The van der Waals surface area contributed by atoms with E-state index in [1.807, 2.05) is 28.6 Å². The first-order valence-electron chi connectivity index (χ1n) is 10.6. The standard InChI is InChI=1S/C23H24FN5OS/c24-18-5-1-2-6-20(18)27-11-13-29(14-12-27)23(30)19-16-31-22(26-19)17-7-8-25-21(15-17)28-9-3-4-10-28/h1-2,5-8,15-16H,3-4,9-14H2. The normalized spacial score (nSPS) is 16.7. The molecule has 4 heterocycles. The molecule has 160 valence electrons. The molecule has 0 radical (unpaired) electrons. The van der Waals surface area contributed by atoms with E-state index in [4.69, 9.17) is 0 Å². The summed E-state index contributed by atoms with van der Waals surface area (Å²) in [6.07, 6.45) is 4.21. The molecule has 0 N–H and O–H groups in total. The van der Waals surface area contributed by atoms with Gasteiger partial charge in [-0.2, -0.15) is 0 Å². The summed E-state index contributed by atoms with van der Waals surface area (Å²) in [5, 5.41) is 2.66. The lowest BCUT2D eigenvalue weighted by molar-refractivity contribution is 0.0741. The fraction of sp³-hybridized carbons (Fsp3) is 0.348. The number of hydrogen-bond acceptors (Lipinski definition) is 6. The lowest BCUT2D eigenvalue weighted by atomic mass is 10.2. The number of thiazole rings is 1. The smallest absolute Gasteiger partial charge is 0.273 e. The van der Waals surface area contributed by atoms with Crippen LogP contribution in [0.2, 0.25) is 0 Å². The van der Waals surface area contributed by atoms with Crippen LogP contribution in [0.1, 0.15) is 23.3 Å². The molecule has 2 aliphatic heterocycles. The molecule has 2 aromatic heterocycles. The monoisotopic (exact) mass is 437 g/mol. The van der Waals surface area contributed by atoms with Crippen molar-refractivity contribution < 1.29 is 9.18 Å². The number of anilines is 2. The minimum atomic E-state index is -0.225. The molecule has 2 aliphatic rings. The quantitative estimate of drug-likeness (QED) is 0.620. The van der Waals surface area contributed by atoms with Gasteiger partial charge in [-0.15, -0.1) is 11.3 Å². The number of amides is 1. The van der Waals surface area contributed by atoms with Gasteiger partial charge < -0.3 is 14.7 Å². The van der Waals surface area contributed by atoms with E-state index in [0.29, 0.717) is 37.6 Å². The van der Waals surface area contributed by atoms with Gasteiger partial charge >= 0.3 is 0 Å². The Bertz CT molecular complexity index is 1070. The molecule has 6 nitrogen and oxygen atoms in total. The van der Waals surface area contributed by atoms with Crippen LogP contribution in [0.5, 0.6) is 0 Å². The van der Waals surface area contributed by atoms with Crippen LogP contribution >= 0.6 is 11.3 Å². The zero-order valence-corrected chi connectivity index (χ0v) is 18.0. The number of piperazine rings is 1. The molecule has 0 aliphatic carbocycles. The van der Waals surface area contributed by atoms with Crippen molar-refractivity contribution in [2.75, 3.05) is 49.1 Å². The summed E-state index contributed by atoms with van der Waals surface area (Å²) in [5.41, 5.74) is 2.06.